The molecule has 1 heterocycles. The second-order valence-corrected chi connectivity index (χ2v) is 7.91. The third-order valence-corrected chi connectivity index (χ3v) is 5.47. The molecule has 1 aliphatic heterocycles. The number of fused-ring (bicyclic) bond motifs is 1. The number of rotatable bonds is 10. The summed E-state index contributed by atoms with van der Waals surface area (Å²) in [5.41, 5.74) is 0.416. The molecule has 1 atom stereocenters. The number of benzene rings is 2. The Morgan fingerprint density at radius 3 is 2.45 bits per heavy atom. The number of hydrogen-bond acceptors (Lipinski definition) is 5. The Balaban J connectivity index is 1.46. The molecule has 9 heteroatoms. The van der Waals surface area contributed by atoms with Crippen molar-refractivity contribution in [2.45, 2.75) is 51.3 Å². The van der Waals surface area contributed by atoms with Gasteiger partial charge >= 0.3 is 12.1 Å². The van der Waals surface area contributed by atoms with E-state index >= 15 is 0 Å². The first kappa shape index (κ1) is 24.5. The van der Waals surface area contributed by atoms with Crippen LogP contribution in [-0.2, 0) is 11.2 Å². The summed E-state index contributed by atoms with van der Waals surface area (Å²) in [5, 5.41) is 9.55. The van der Waals surface area contributed by atoms with Gasteiger partial charge in [0.1, 0.15) is 23.0 Å². The molecule has 180 valence electrons. The summed E-state index contributed by atoms with van der Waals surface area (Å²) in [5.74, 6) is 0.830. The first-order valence-electron chi connectivity index (χ1n) is 10.7. The highest BCUT2D eigenvalue weighted by Gasteiger charge is 2.42. The summed E-state index contributed by atoms with van der Waals surface area (Å²) < 4.78 is 58.8. The van der Waals surface area contributed by atoms with E-state index in [-0.39, 0.29) is 5.75 Å². The van der Waals surface area contributed by atoms with Crippen molar-refractivity contribution in [1.82, 2.24) is 0 Å². The van der Waals surface area contributed by atoms with Crippen LogP contribution in [0, 0.1) is 6.92 Å². The maximum absolute atomic E-state index is 12.3. The van der Waals surface area contributed by atoms with Crippen LogP contribution in [0.5, 0.6) is 23.0 Å². The first-order valence-corrected chi connectivity index (χ1v) is 10.7. The van der Waals surface area contributed by atoms with Gasteiger partial charge in [0.25, 0.3) is 0 Å². The minimum absolute atomic E-state index is 0.130. The van der Waals surface area contributed by atoms with Crippen LogP contribution in [-0.4, -0.2) is 42.7 Å². The second kappa shape index (κ2) is 10.2. The molecule has 0 unspecified atom stereocenters. The van der Waals surface area contributed by atoms with Crippen LogP contribution in [0.3, 0.4) is 0 Å². The zero-order valence-corrected chi connectivity index (χ0v) is 18.5. The molecule has 0 amide bonds. The van der Waals surface area contributed by atoms with Crippen molar-refractivity contribution in [2.75, 3.05) is 19.8 Å². The maximum Gasteiger partial charge on any atom is 0.422 e. The SMILES string of the molecule is CC[C@]1(C(=O)O)CCc2ccc(OCCCOc3ccc(OCC(F)(F)F)cc3C)cc2O1. The fourth-order valence-corrected chi connectivity index (χ4v) is 3.54. The Bertz CT molecular complexity index is 975. The van der Waals surface area contributed by atoms with Crippen LogP contribution in [0.1, 0.15) is 37.3 Å². The molecule has 6 nitrogen and oxygen atoms in total. The van der Waals surface area contributed by atoms with E-state index in [1.807, 2.05) is 12.1 Å². The van der Waals surface area contributed by atoms with Crippen LogP contribution < -0.4 is 18.9 Å². The highest BCUT2D eigenvalue weighted by Crippen LogP contribution is 2.37. The lowest BCUT2D eigenvalue weighted by atomic mass is 9.89. The number of aliphatic carboxylic acids is 1. The summed E-state index contributed by atoms with van der Waals surface area (Å²) in [6, 6.07) is 9.93. The van der Waals surface area contributed by atoms with Crippen molar-refractivity contribution in [3.8, 4) is 23.0 Å². The molecule has 0 saturated carbocycles. The van der Waals surface area contributed by atoms with Gasteiger partial charge in [0.2, 0.25) is 5.60 Å². The van der Waals surface area contributed by atoms with Crippen molar-refractivity contribution in [1.29, 1.82) is 0 Å². The summed E-state index contributed by atoms with van der Waals surface area (Å²) >= 11 is 0. The molecule has 3 rings (SSSR count). The van der Waals surface area contributed by atoms with E-state index in [9.17, 15) is 23.1 Å². The van der Waals surface area contributed by atoms with Crippen molar-refractivity contribution in [2.24, 2.45) is 0 Å². The molecule has 0 spiro atoms. The van der Waals surface area contributed by atoms with Gasteiger partial charge in [0, 0.05) is 18.9 Å². The normalized spacial score (nSPS) is 17.6. The summed E-state index contributed by atoms with van der Waals surface area (Å²) in [4.78, 5) is 11.7. The Morgan fingerprint density at radius 1 is 1.09 bits per heavy atom. The molecule has 33 heavy (non-hydrogen) atoms. The van der Waals surface area contributed by atoms with E-state index in [1.165, 1.54) is 12.1 Å². The average molecular weight is 468 g/mol. The zero-order chi connectivity index (χ0) is 24.1. The summed E-state index contributed by atoms with van der Waals surface area (Å²) in [7, 11) is 0. The second-order valence-electron chi connectivity index (χ2n) is 7.91. The van der Waals surface area contributed by atoms with Crippen LogP contribution in [0.25, 0.3) is 0 Å². The van der Waals surface area contributed by atoms with Gasteiger partial charge in [-0.25, -0.2) is 4.79 Å². The number of carboxylic acid groups (broad SMARTS) is 1. The largest absolute Gasteiger partial charge is 0.493 e. The minimum atomic E-state index is -4.39. The van der Waals surface area contributed by atoms with Crippen molar-refractivity contribution < 1.29 is 42.0 Å². The molecule has 1 aliphatic rings. The fourth-order valence-electron chi connectivity index (χ4n) is 3.54. The van der Waals surface area contributed by atoms with E-state index in [1.54, 1.807) is 26.0 Å². The molecule has 0 aromatic heterocycles. The number of hydrogen-bond donors (Lipinski definition) is 1. The third kappa shape index (κ3) is 6.46. The minimum Gasteiger partial charge on any atom is -0.493 e. The van der Waals surface area contributed by atoms with E-state index < -0.39 is 24.4 Å². The molecule has 2 aromatic carbocycles. The smallest absolute Gasteiger partial charge is 0.422 e. The number of halogens is 3. The summed E-state index contributed by atoms with van der Waals surface area (Å²) in [6.45, 7) is 2.90. The summed E-state index contributed by atoms with van der Waals surface area (Å²) in [6.07, 6.45) is -2.39. The number of ether oxygens (including phenoxy) is 4. The van der Waals surface area contributed by atoms with Gasteiger partial charge < -0.3 is 24.1 Å². The Kier molecular flexibility index (Phi) is 7.61. The quantitative estimate of drug-likeness (QED) is 0.475. The van der Waals surface area contributed by atoms with Crippen LogP contribution >= 0.6 is 0 Å². The maximum atomic E-state index is 12.3. The number of carbonyl (C=O) groups is 1. The van der Waals surface area contributed by atoms with E-state index in [0.29, 0.717) is 61.7 Å². The molecule has 0 aliphatic carbocycles. The van der Waals surface area contributed by atoms with E-state index in [0.717, 1.165) is 5.56 Å². The highest BCUT2D eigenvalue weighted by atomic mass is 19.4. The number of carboxylic acids is 1. The van der Waals surface area contributed by atoms with E-state index in [4.69, 9.17) is 18.9 Å². The highest BCUT2D eigenvalue weighted by molar-refractivity contribution is 5.78. The molecule has 0 saturated heterocycles. The molecule has 1 N–H and O–H groups in total. The van der Waals surface area contributed by atoms with Gasteiger partial charge in [-0.1, -0.05) is 13.0 Å². The molecule has 2 aromatic rings. The molecular weight excluding hydrogens is 441 g/mol. The van der Waals surface area contributed by atoms with Gasteiger partial charge in [-0.15, -0.1) is 0 Å². The van der Waals surface area contributed by atoms with Gasteiger partial charge in [-0.2, -0.15) is 13.2 Å². The van der Waals surface area contributed by atoms with Crippen LogP contribution in [0.15, 0.2) is 36.4 Å². The lowest BCUT2D eigenvalue weighted by Gasteiger charge is -2.34. The predicted octanol–water partition coefficient (Wildman–Crippen LogP) is 5.34. The topological polar surface area (TPSA) is 74.2 Å². The number of aryl methyl sites for hydroxylation is 2. The van der Waals surface area contributed by atoms with E-state index in [2.05, 4.69) is 0 Å². The first-order chi connectivity index (χ1) is 15.6. The fraction of sp³-hybridized carbons (Fsp3) is 0.458. The standard InChI is InChI=1S/C24H27F3O6/c1-3-23(22(28)29)10-9-17-5-6-19(14-21(17)33-23)30-11-4-12-31-20-8-7-18(13-16(20)2)32-15-24(25,26)27/h5-8,13-14H,3-4,9-12,15H2,1-2H3,(H,28,29)/t23-/m1/s1. The van der Waals surface area contributed by atoms with Crippen LogP contribution in [0.4, 0.5) is 13.2 Å². The van der Waals surface area contributed by atoms with Crippen LogP contribution in [0.2, 0.25) is 0 Å². The zero-order valence-electron chi connectivity index (χ0n) is 18.5. The average Bonchev–Trinajstić information content (AvgIpc) is 2.77. The number of alkyl halides is 3. The lowest BCUT2D eigenvalue weighted by molar-refractivity contribution is -0.157. The third-order valence-electron chi connectivity index (χ3n) is 5.47. The van der Waals surface area contributed by atoms with Crippen molar-refractivity contribution >= 4 is 5.97 Å². The molecular formula is C24H27F3O6. The Morgan fingerprint density at radius 2 is 1.79 bits per heavy atom. The Hall–Kier alpha value is -3.10. The van der Waals surface area contributed by atoms with Gasteiger partial charge in [0.15, 0.2) is 6.61 Å². The predicted molar refractivity (Wildman–Crippen MR) is 114 cm³/mol. The Labute approximate surface area is 190 Å². The molecule has 0 fully saturated rings. The monoisotopic (exact) mass is 468 g/mol. The van der Waals surface area contributed by atoms with Crippen molar-refractivity contribution in [3.63, 3.8) is 0 Å². The van der Waals surface area contributed by atoms with Gasteiger partial charge in [-0.05, 0) is 55.2 Å². The molecule has 0 bridgehead atoms. The van der Waals surface area contributed by atoms with Gasteiger partial charge in [0.05, 0.1) is 13.2 Å². The van der Waals surface area contributed by atoms with Gasteiger partial charge in [-0.3, -0.25) is 0 Å². The van der Waals surface area contributed by atoms with Crippen molar-refractivity contribution in [3.05, 3.63) is 47.5 Å². The molecule has 0 radical (unpaired) electrons. The lowest BCUT2D eigenvalue weighted by Crippen LogP contribution is -2.46.